The molecule has 0 bridgehead atoms. The van der Waals surface area contributed by atoms with Crippen LogP contribution in [0.4, 0.5) is 0 Å². The Morgan fingerprint density at radius 1 is 0.893 bits per heavy atom. The van der Waals surface area contributed by atoms with E-state index in [4.69, 9.17) is 11.6 Å². The van der Waals surface area contributed by atoms with Crippen LogP contribution >= 0.6 is 11.6 Å². The molecule has 0 atom stereocenters. The lowest BCUT2D eigenvalue weighted by Crippen LogP contribution is -2.30. The summed E-state index contributed by atoms with van der Waals surface area (Å²) in [5.74, 6) is 0.00494. The molecule has 0 aliphatic carbocycles. The Morgan fingerprint density at radius 3 is 2.07 bits per heavy atom. The van der Waals surface area contributed by atoms with Crippen molar-refractivity contribution in [3.63, 3.8) is 0 Å². The molecule has 0 unspecified atom stereocenters. The van der Waals surface area contributed by atoms with Gasteiger partial charge in [0.1, 0.15) is 17.0 Å². The number of rotatable bonds is 5. The number of nitrogens with zero attached hydrogens (tertiary/aromatic N) is 3. The summed E-state index contributed by atoms with van der Waals surface area (Å²) in [6, 6.07) is 23.7. The Bertz CT molecular complexity index is 1040. The minimum absolute atomic E-state index is 0.00494. The van der Waals surface area contributed by atoms with Gasteiger partial charge in [-0.25, -0.2) is 4.68 Å². The van der Waals surface area contributed by atoms with Crippen LogP contribution < -0.4 is 0 Å². The molecule has 28 heavy (non-hydrogen) atoms. The SMILES string of the molecule is Oc1cc(Cl)ccc1-n1cc(CC(O)(c2ccccc2)c2ccccc2)nn1. The summed E-state index contributed by atoms with van der Waals surface area (Å²) >= 11 is 5.89. The number of aromatic nitrogens is 3. The van der Waals surface area contributed by atoms with Gasteiger partial charge in [-0.05, 0) is 23.3 Å². The van der Waals surface area contributed by atoms with Gasteiger partial charge in [0, 0.05) is 17.5 Å². The molecule has 1 heterocycles. The Kier molecular flexibility index (Phi) is 4.86. The number of hydrogen-bond acceptors (Lipinski definition) is 4. The average molecular weight is 392 g/mol. The van der Waals surface area contributed by atoms with Crippen LogP contribution in [0.25, 0.3) is 5.69 Å². The van der Waals surface area contributed by atoms with Crippen LogP contribution in [0.1, 0.15) is 16.8 Å². The zero-order chi connectivity index (χ0) is 19.6. The van der Waals surface area contributed by atoms with Gasteiger partial charge in [-0.15, -0.1) is 5.10 Å². The molecule has 2 N–H and O–H groups in total. The molecule has 4 aromatic rings. The van der Waals surface area contributed by atoms with Crippen LogP contribution in [-0.2, 0) is 12.0 Å². The van der Waals surface area contributed by atoms with E-state index in [1.807, 2.05) is 60.7 Å². The number of phenolic OH excluding ortho intramolecular Hbond substituents is 1. The van der Waals surface area contributed by atoms with E-state index in [0.717, 1.165) is 11.1 Å². The molecule has 0 amide bonds. The van der Waals surface area contributed by atoms with Crippen molar-refractivity contribution in [2.24, 2.45) is 0 Å². The first-order valence-corrected chi connectivity index (χ1v) is 9.17. The van der Waals surface area contributed by atoms with E-state index in [1.54, 1.807) is 18.3 Å². The summed E-state index contributed by atoms with van der Waals surface area (Å²) in [6.07, 6.45) is 1.93. The summed E-state index contributed by atoms with van der Waals surface area (Å²) in [5.41, 5.74) is 1.33. The van der Waals surface area contributed by atoms with Gasteiger partial charge in [0.15, 0.2) is 0 Å². The van der Waals surface area contributed by atoms with Gasteiger partial charge < -0.3 is 10.2 Å². The third-order valence-corrected chi connectivity index (χ3v) is 4.90. The first-order valence-electron chi connectivity index (χ1n) is 8.80. The highest BCUT2D eigenvalue weighted by Gasteiger charge is 2.33. The lowest BCUT2D eigenvalue weighted by molar-refractivity contribution is 0.0800. The Labute approximate surface area is 167 Å². The summed E-state index contributed by atoms with van der Waals surface area (Å²) in [6.45, 7) is 0. The molecule has 0 saturated carbocycles. The number of benzene rings is 3. The quantitative estimate of drug-likeness (QED) is 0.537. The second-order valence-electron chi connectivity index (χ2n) is 6.56. The topological polar surface area (TPSA) is 71.2 Å². The first-order chi connectivity index (χ1) is 13.6. The van der Waals surface area contributed by atoms with Crippen molar-refractivity contribution in [3.8, 4) is 11.4 Å². The van der Waals surface area contributed by atoms with Crippen molar-refractivity contribution < 1.29 is 10.2 Å². The van der Waals surface area contributed by atoms with Crippen LogP contribution in [0.2, 0.25) is 5.02 Å². The Morgan fingerprint density at radius 2 is 1.50 bits per heavy atom. The van der Waals surface area contributed by atoms with Crippen molar-refractivity contribution in [3.05, 3.63) is 107 Å². The van der Waals surface area contributed by atoms with Gasteiger partial charge in [0.25, 0.3) is 0 Å². The lowest BCUT2D eigenvalue weighted by Gasteiger charge is -2.28. The highest BCUT2D eigenvalue weighted by atomic mass is 35.5. The number of hydrogen-bond donors (Lipinski definition) is 2. The number of aliphatic hydroxyl groups is 1. The average Bonchev–Trinajstić information content (AvgIpc) is 3.17. The predicted molar refractivity (Wildman–Crippen MR) is 108 cm³/mol. The van der Waals surface area contributed by atoms with Crippen LogP contribution in [0.3, 0.4) is 0 Å². The van der Waals surface area contributed by atoms with Crippen molar-refractivity contribution in [1.29, 1.82) is 0 Å². The van der Waals surface area contributed by atoms with E-state index in [9.17, 15) is 10.2 Å². The second kappa shape index (κ2) is 7.46. The molecule has 0 saturated heterocycles. The van der Waals surface area contributed by atoms with Crippen LogP contribution in [0.5, 0.6) is 5.75 Å². The summed E-state index contributed by atoms with van der Waals surface area (Å²) in [4.78, 5) is 0. The van der Waals surface area contributed by atoms with E-state index in [0.29, 0.717) is 16.4 Å². The number of halogens is 1. The van der Waals surface area contributed by atoms with Gasteiger partial charge in [-0.3, -0.25) is 0 Å². The fraction of sp³-hybridized carbons (Fsp3) is 0.0909. The molecular weight excluding hydrogens is 374 g/mol. The highest BCUT2D eigenvalue weighted by Crippen LogP contribution is 2.33. The largest absolute Gasteiger partial charge is 0.506 e. The zero-order valence-corrected chi connectivity index (χ0v) is 15.7. The van der Waals surface area contributed by atoms with Gasteiger partial charge in [-0.1, -0.05) is 77.5 Å². The second-order valence-corrected chi connectivity index (χ2v) is 6.99. The van der Waals surface area contributed by atoms with Gasteiger partial charge in [0.2, 0.25) is 0 Å². The molecule has 0 fully saturated rings. The van der Waals surface area contributed by atoms with Crippen LogP contribution in [-0.4, -0.2) is 25.2 Å². The highest BCUT2D eigenvalue weighted by molar-refractivity contribution is 6.30. The molecule has 140 valence electrons. The van der Waals surface area contributed by atoms with Gasteiger partial charge in [-0.2, -0.15) is 0 Å². The normalized spacial score (nSPS) is 11.5. The third-order valence-electron chi connectivity index (χ3n) is 4.66. The molecular formula is C22H18ClN3O2. The van der Waals surface area contributed by atoms with Crippen molar-refractivity contribution >= 4 is 11.6 Å². The number of aromatic hydroxyl groups is 1. The molecule has 0 spiro atoms. The fourth-order valence-corrected chi connectivity index (χ4v) is 3.41. The van der Waals surface area contributed by atoms with E-state index < -0.39 is 5.60 Å². The molecule has 0 radical (unpaired) electrons. The van der Waals surface area contributed by atoms with Crippen molar-refractivity contribution in [2.45, 2.75) is 12.0 Å². The minimum atomic E-state index is -1.26. The van der Waals surface area contributed by atoms with Crippen molar-refractivity contribution in [2.75, 3.05) is 0 Å². The first kappa shape index (κ1) is 18.2. The maximum Gasteiger partial charge on any atom is 0.142 e. The fourth-order valence-electron chi connectivity index (χ4n) is 3.25. The maximum atomic E-state index is 11.6. The molecule has 0 aliphatic heterocycles. The predicted octanol–water partition coefficient (Wildman–Crippen LogP) is 4.10. The summed E-state index contributed by atoms with van der Waals surface area (Å²) in [5, 5.41) is 30.5. The van der Waals surface area contributed by atoms with Gasteiger partial charge >= 0.3 is 0 Å². The molecule has 1 aromatic heterocycles. The summed E-state index contributed by atoms with van der Waals surface area (Å²) < 4.78 is 1.47. The van der Waals surface area contributed by atoms with E-state index in [2.05, 4.69) is 10.3 Å². The van der Waals surface area contributed by atoms with Gasteiger partial charge in [0.05, 0.1) is 11.9 Å². The van der Waals surface area contributed by atoms with Crippen molar-refractivity contribution in [1.82, 2.24) is 15.0 Å². The van der Waals surface area contributed by atoms with Crippen LogP contribution in [0, 0.1) is 0 Å². The Hall–Kier alpha value is -3.15. The molecule has 6 heteroatoms. The van der Waals surface area contributed by atoms with E-state index in [1.165, 1.54) is 10.7 Å². The molecule has 3 aromatic carbocycles. The van der Waals surface area contributed by atoms with Crippen LogP contribution in [0.15, 0.2) is 85.1 Å². The minimum Gasteiger partial charge on any atom is -0.506 e. The lowest BCUT2D eigenvalue weighted by atomic mass is 9.83. The zero-order valence-electron chi connectivity index (χ0n) is 14.9. The molecule has 5 nitrogen and oxygen atoms in total. The third kappa shape index (κ3) is 3.50. The van der Waals surface area contributed by atoms with E-state index in [-0.39, 0.29) is 12.2 Å². The Balaban J connectivity index is 1.72. The molecule has 4 rings (SSSR count). The standard InChI is InChI=1S/C22H18ClN3O2/c23-18-11-12-20(21(27)13-18)26-15-19(24-25-26)14-22(28,16-7-3-1-4-8-16)17-9-5-2-6-10-17/h1-13,15,27-28H,14H2. The smallest absolute Gasteiger partial charge is 0.142 e. The monoisotopic (exact) mass is 391 g/mol. The number of phenols is 1. The van der Waals surface area contributed by atoms with E-state index >= 15 is 0 Å². The molecule has 0 aliphatic rings. The summed E-state index contributed by atoms with van der Waals surface area (Å²) in [7, 11) is 0. The maximum absolute atomic E-state index is 11.6.